The average molecular weight is 354 g/mol. The molecule has 7 heteroatoms. The summed E-state index contributed by atoms with van der Waals surface area (Å²) in [5.41, 5.74) is 6.08. The van der Waals surface area contributed by atoms with Gasteiger partial charge in [-0.25, -0.2) is 12.8 Å². The normalized spacial score (nSPS) is 28.0. The summed E-state index contributed by atoms with van der Waals surface area (Å²) < 4.78 is 37.8. The lowest BCUT2D eigenvalue weighted by Gasteiger charge is -2.22. The van der Waals surface area contributed by atoms with Crippen LogP contribution in [0.2, 0.25) is 0 Å². The molecule has 1 aliphatic carbocycles. The fourth-order valence-electron chi connectivity index (χ4n) is 3.94. The Hall–Kier alpha value is -1.47. The maximum absolute atomic E-state index is 12.9. The van der Waals surface area contributed by atoms with Crippen molar-refractivity contribution in [3.63, 3.8) is 0 Å². The third-order valence-electron chi connectivity index (χ3n) is 5.29. The summed E-state index contributed by atoms with van der Waals surface area (Å²) >= 11 is 0. The number of halogens is 1. The molecule has 1 aromatic rings. The summed E-state index contributed by atoms with van der Waals surface area (Å²) in [7, 11) is -3.62. The van der Waals surface area contributed by atoms with E-state index in [1.165, 1.54) is 12.1 Å². The number of carbonyl (C=O) groups is 1. The van der Waals surface area contributed by atoms with Gasteiger partial charge in [-0.15, -0.1) is 0 Å². The molecule has 3 rings (SSSR count). The highest BCUT2D eigenvalue weighted by molar-refractivity contribution is 7.91. The molecule has 1 aliphatic heterocycles. The van der Waals surface area contributed by atoms with Gasteiger partial charge in [-0.1, -0.05) is 6.92 Å². The molecule has 1 saturated carbocycles. The van der Waals surface area contributed by atoms with Crippen LogP contribution in [-0.4, -0.2) is 44.1 Å². The predicted molar refractivity (Wildman–Crippen MR) is 88.4 cm³/mol. The van der Waals surface area contributed by atoms with Crippen LogP contribution in [-0.2, 0) is 14.6 Å². The van der Waals surface area contributed by atoms with E-state index >= 15 is 0 Å². The second-order valence-corrected chi connectivity index (χ2v) is 9.08. The summed E-state index contributed by atoms with van der Waals surface area (Å²) in [6.45, 7) is 2.95. The number of fused-ring (bicyclic) bond motifs is 1. The Morgan fingerprint density at radius 1 is 1.29 bits per heavy atom. The Morgan fingerprint density at radius 3 is 2.58 bits per heavy atom. The molecule has 1 amide bonds. The highest BCUT2D eigenvalue weighted by Gasteiger charge is 2.43. The van der Waals surface area contributed by atoms with E-state index in [0.717, 1.165) is 25.0 Å². The molecule has 1 heterocycles. The number of nitrogens with two attached hydrogens (primary N) is 1. The molecule has 24 heavy (non-hydrogen) atoms. The zero-order chi connectivity index (χ0) is 17.5. The fourth-order valence-corrected chi connectivity index (χ4v) is 5.48. The van der Waals surface area contributed by atoms with E-state index < -0.39 is 21.6 Å². The quantitative estimate of drug-likeness (QED) is 0.830. The monoisotopic (exact) mass is 354 g/mol. The molecule has 0 bridgehead atoms. The molecule has 2 N–H and O–H groups in total. The molecule has 1 saturated heterocycles. The van der Waals surface area contributed by atoms with Gasteiger partial charge in [0, 0.05) is 25.0 Å². The van der Waals surface area contributed by atoms with Crippen molar-refractivity contribution in [2.24, 2.45) is 23.5 Å². The molecule has 2 aliphatic rings. The number of rotatable bonds is 4. The van der Waals surface area contributed by atoms with E-state index in [0.29, 0.717) is 24.9 Å². The largest absolute Gasteiger partial charge is 0.342 e. The molecule has 4 atom stereocenters. The van der Waals surface area contributed by atoms with Crippen molar-refractivity contribution < 1.29 is 17.6 Å². The number of sulfone groups is 1. The highest BCUT2D eigenvalue weighted by Crippen LogP contribution is 2.37. The standard InChI is InChI=1S/C17H23FN2O3S/c1-11(10-24(22,23)14-5-3-13(18)4-6-14)17(21)20-8-12-2-7-16(19)15(12)9-20/h3-6,11-12,15-16H,2,7-10,19H2,1H3. The first kappa shape index (κ1) is 17.4. The van der Waals surface area contributed by atoms with Gasteiger partial charge in [0.05, 0.1) is 10.6 Å². The molecule has 0 radical (unpaired) electrons. The van der Waals surface area contributed by atoms with Crippen LogP contribution in [0.3, 0.4) is 0 Å². The van der Waals surface area contributed by atoms with Crippen molar-refractivity contribution in [3.05, 3.63) is 30.1 Å². The van der Waals surface area contributed by atoms with E-state index in [4.69, 9.17) is 5.73 Å². The van der Waals surface area contributed by atoms with Gasteiger partial charge in [-0.05, 0) is 48.9 Å². The minimum absolute atomic E-state index is 0.0452. The van der Waals surface area contributed by atoms with Gasteiger partial charge >= 0.3 is 0 Å². The summed E-state index contributed by atoms with van der Waals surface area (Å²) in [6, 6.07) is 4.85. The summed E-state index contributed by atoms with van der Waals surface area (Å²) in [6.07, 6.45) is 2.05. The zero-order valence-electron chi connectivity index (χ0n) is 13.7. The predicted octanol–water partition coefficient (Wildman–Crippen LogP) is 1.43. The molecule has 5 nitrogen and oxygen atoms in total. The van der Waals surface area contributed by atoms with Crippen LogP contribution in [0.15, 0.2) is 29.2 Å². The zero-order valence-corrected chi connectivity index (χ0v) is 14.5. The second-order valence-electron chi connectivity index (χ2n) is 7.04. The van der Waals surface area contributed by atoms with Crippen molar-refractivity contribution in [3.8, 4) is 0 Å². The second kappa shape index (κ2) is 6.44. The molecule has 0 spiro atoms. The first-order valence-corrected chi connectivity index (χ1v) is 9.96. The van der Waals surface area contributed by atoms with Crippen molar-refractivity contribution in [1.29, 1.82) is 0 Å². The van der Waals surface area contributed by atoms with E-state index in [2.05, 4.69) is 0 Å². The molecule has 0 aromatic heterocycles. The van der Waals surface area contributed by atoms with E-state index in [1.807, 2.05) is 0 Å². The van der Waals surface area contributed by atoms with Crippen molar-refractivity contribution >= 4 is 15.7 Å². The number of carbonyl (C=O) groups excluding carboxylic acids is 1. The van der Waals surface area contributed by atoms with Crippen LogP contribution in [0, 0.1) is 23.6 Å². The Balaban J connectivity index is 1.65. The minimum Gasteiger partial charge on any atom is -0.342 e. The highest BCUT2D eigenvalue weighted by atomic mass is 32.2. The SMILES string of the molecule is CC(CS(=O)(=O)c1ccc(F)cc1)C(=O)N1CC2CCC(N)C2C1. The first-order valence-electron chi connectivity index (χ1n) is 8.30. The van der Waals surface area contributed by atoms with E-state index in [-0.39, 0.29) is 22.6 Å². The minimum atomic E-state index is -3.62. The Kier molecular flexibility index (Phi) is 4.66. The van der Waals surface area contributed by atoms with Gasteiger partial charge in [0.15, 0.2) is 9.84 Å². The van der Waals surface area contributed by atoms with Crippen LogP contribution in [0.5, 0.6) is 0 Å². The van der Waals surface area contributed by atoms with Crippen molar-refractivity contribution in [1.82, 2.24) is 4.90 Å². The fraction of sp³-hybridized carbons (Fsp3) is 0.588. The molecule has 132 valence electrons. The van der Waals surface area contributed by atoms with E-state index in [1.54, 1.807) is 11.8 Å². The third kappa shape index (κ3) is 3.32. The lowest BCUT2D eigenvalue weighted by molar-refractivity contribution is -0.133. The van der Waals surface area contributed by atoms with Crippen LogP contribution in [0.25, 0.3) is 0 Å². The maximum atomic E-state index is 12.9. The number of hydrogen-bond acceptors (Lipinski definition) is 4. The van der Waals surface area contributed by atoms with Crippen LogP contribution in [0.4, 0.5) is 4.39 Å². The summed E-state index contributed by atoms with van der Waals surface area (Å²) in [5, 5.41) is 0. The Morgan fingerprint density at radius 2 is 1.96 bits per heavy atom. The maximum Gasteiger partial charge on any atom is 0.226 e. The van der Waals surface area contributed by atoms with Crippen LogP contribution >= 0.6 is 0 Å². The van der Waals surface area contributed by atoms with Crippen molar-refractivity contribution in [2.45, 2.75) is 30.7 Å². The smallest absolute Gasteiger partial charge is 0.226 e. The third-order valence-corrected chi connectivity index (χ3v) is 7.22. The van der Waals surface area contributed by atoms with Crippen molar-refractivity contribution in [2.75, 3.05) is 18.8 Å². The average Bonchev–Trinajstić information content (AvgIpc) is 3.09. The number of benzene rings is 1. The first-order chi connectivity index (χ1) is 11.3. The van der Waals surface area contributed by atoms with Gasteiger partial charge in [0.2, 0.25) is 5.91 Å². The molecule has 4 unspecified atom stereocenters. The van der Waals surface area contributed by atoms with Gasteiger partial charge in [-0.3, -0.25) is 4.79 Å². The summed E-state index contributed by atoms with van der Waals surface area (Å²) in [4.78, 5) is 14.4. The molecular formula is C17H23FN2O3S. The van der Waals surface area contributed by atoms with Gasteiger partial charge < -0.3 is 10.6 Å². The van der Waals surface area contributed by atoms with Gasteiger partial charge in [0.25, 0.3) is 0 Å². The van der Waals surface area contributed by atoms with Gasteiger partial charge in [-0.2, -0.15) is 0 Å². The van der Waals surface area contributed by atoms with E-state index in [9.17, 15) is 17.6 Å². The summed E-state index contributed by atoms with van der Waals surface area (Å²) in [5.74, 6) is -0.731. The van der Waals surface area contributed by atoms with Crippen LogP contribution in [0.1, 0.15) is 19.8 Å². The molecular weight excluding hydrogens is 331 g/mol. The Labute approximate surface area is 141 Å². The van der Waals surface area contributed by atoms with Gasteiger partial charge in [0.1, 0.15) is 5.82 Å². The number of hydrogen-bond donors (Lipinski definition) is 1. The number of likely N-dealkylation sites (tertiary alicyclic amines) is 1. The lowest BCUT2D eigenvalue weighted by Crippen LogP contribution is -2.38. The topological polar surface area (TPSA) is 80.5 Å². The molecule has 1 aromatic carbocycles. The molecule has 2 fully saturated rings. The number of amides is 1. The lowest BCUT2D eigenvalue weighted by atomic mass is 9.98. The number of nitrogens with zero attached hydrogens (tertiary/aromatic N) is 1. The Bertz CT molecular complexity index is 720. The van der Waals surface area contributed by atoms with Crippen LogP contribution < -0.4 is 5.73 Å².